The van der Waals surface area contributed by atoms with Gasteiger partial charge in [0.05, 0.1) is 6.61 Å². The highest BCUT2D eigenvalue weighted by molar-refractivity contribution is 6.05. The predicted octanol–water partition coefficient (Wildman–Crippen LogP) is 1.22. The summed E-state index contributed by atoms with van der Waals surface area (Å²) in [5.74, 6) is -1.42. The summed E-state index contributed by atoms with van der Waals surface area (Å²) < 4.78 is 5.43. The van der Waals surface area contributed by atoms with Gasteiger partial charge >= 0.3 is 0 Å². The van der Waals surface area contributed by atoms with Crippen molar-refractivity contribution >= 4 is 29.1 Å². The summed E-state index contributed by atoms with van der Waals surface area (Å²) >= 11 is 0. The van der Waals surface area contributed by atoms with E-state index in [9.17, 15) is 19.5 Å². The average molecular weight is 409 g/mol. The molecule has 0 radical (unpaired) electrons. The second-order valence-corrected chi connectivity index (χ2v) is 7.29. The number of aryl methyl sites for hydroxylation is 1. The number of ether oxygens (including phenoxy) is 1. The van der Waals surface area contributed by atoms with E-state index < -0.39 is 24.0 Å². The molecule has 3 amide bonds. The quantitative estimate of drug-likeness (QED) is 0.688. The van der Waals surface area contributed by atoms with E-state index in [0.717, 1.165) is 17.5 Å². The molecule has 1 fully saturated rings. The summed E-state index contributed by atoms with van der Waals surface area (Å²) in [6.45, 7) is 2.92. The molecule has 2 atom stereocenters. The Labute approximate surface area is 173 Å². The summed E-state index contributed by atoms with van der Waals surface area (Å²) in [6, 6.07) is 12.5. The number of aliphatic hydroxyl groups is 1. The molecule has 4 rings (SSSR count). The third-order valence-electron chi connectivity index (χ3n) is 5.40. The first kappa shape index (κ1) is 20.1. The first-order valence-corrected chi connectivity index (χ1v) is 9.90. The maximum Gasteiger partial charge on any atom is 0.259 e. The highest BCUT2D eigenvalue weighted by atomic mass is 16.5. The van der Waals surface area contributed by atoms with Crippen LogP contribution in [0.5, 0.6) is 0 Å². The van der Waals surface area contributed by atoms with Gasteiger partial charge in [-0.15, -0.1) is 0 Å². The lowest BCUT2D eigenvalue weighted by Gasteiger charge is -2.34. The van der Waals surface area contributed by atoms with Crippen LogP contribution in [0, 0.1) is 0 Å². The number of rotatable bonds is 5. The number of carbonyl (C=O) groups excluding carboxylic acids is 3. The van der Waals surface area contributed by atoms with Gasteiger partial charge in [-0.25, -0.2) is 0 Å². The number of aliphatic hydroxyl groups excluding tert-OH is 1. The van der Waals surface area contributed by atoms with Crippen molar-refractivity contribution in [3.63, 3.8) is 0 Å². The van der Waals surface area contributed by atoms with Gasteiger partial charge in [-0.3, -0.25) is 14.4 Å². The summed E-state index contributed by atoms with van der Waals surface area (Å²) in [6.07, 6.45) is -2.11. The van der Waals surface area contributed by atoms with Crippen molar-refractivity contribution in [2.45, 2.75) is 32.1 Å². The first-order valence-electron chi connectivity index (χ1n) is 9.90. The number of fused-ring (bicyclic) bond motifs is 1. The number of morpholine rings is 1. The lowest BCUT2D eigenvalue weighted by atomic mass is 10.1. The van der Waals surface area contributed by atoms with Crippen LogP contribution in [0.2, 0.25) is 0 Å². The number of benzene rings is 2. The highest BCUT2D eigenvalue weighted by Crippen LogP contribution is 2.26. The zero-order valence-corrected chi connectivity index (χ0v) is 16.6. The number of nitrogens with zero attached hydrogens (tertiary/aromatic N) is 1. The molecule has 3 N–H and O–H groups in total. The molecule has 0 spiro atoms. The van der Waals surface area contributed by atoms with Crippen LogP contribution in [0.15, 0.2) is 42.5 Å². The Morgan fingerprint density at radius 3 is 2.77 bits per heavy atom. The maximum atomic E-state index is 12.9. The van der Waals surface area contributed by atoms with E-state index in [-0.39, 0.29) is 19.1 Å². The lowest BCUT2D eigenvalue weighted by Crippen LogP contribution is -2.55. The number of nitrogens with one attached hydrogen (secondary N) is 2. The van der Waals surface area contributed by atoms with Gasteiger partial charge in [0, 0.05) is 30.0 Å². The fourth-order valence-electron chi connectivity index (χ4n) is 3.63. The molecule has 2 aliphatic heterocycles. The largest absolute Gasteiger partial charge is 0.380 e. The van der Waals surface area contributed by atoms with E-state index in [1.807, 2.05) is 19.1 Å². The van der Waals surface area contributed by atoms with Gasteiger partial charge < -0.3 is 25.4 Å². The molecule has 0 aromatic heterocycles. The number of hydrogen-bond donors (Lipinski definition) is 3. The minimum absolute atomic E-state index is 0.162. The average Bonchev–Trinajstić information content (AvgIpc) is 3.14. The molecule has 0 bridgehead atoms. The molecule has 2 aromatic rings. The second-order valence-electron chi connectivity index (χ2n) is 7.29. The van der Waals surface area contributed by atoms with Crippen LogP contribution >= 0.6 is 0 Å². The molecule has 0 aliphatic carbocycles. The molecule has 2 unspecified atom stereocenters. The summed E-state index contributed by atoms with van der Waals surface area (Å²) in [7, 11) is 0. The maximum absolute atomic E-state index is 12.9. The molecule has 2 aliphatic rings. The molecule has 8 heteroatoms. The van der Waals surface area contributed by atoms with Crippen LogP contribution in [0.25, 0.3) is 0 Å². The van der Waals surface area contributed by atoms with Gasteiger partial charge in [0.15, 0.2) is 12.2 Å². The Morgan fingerprint density at radius 2 is 2.03 bits per heavy atom. The summed E-state index contributed by atoms with van der Waals surface area (Å²) in [4.78, 5) is 38.8. The Bertz CT molecular complexity index is 989. The third kappa shape index (κ3) is 3.79. The highest BCUT2D eigenvalue weighted by Gasteiger charge is 2.39. The predicted molar refractivity (Wildman–Crippen MR) is 110 cm³/mol. The number of hydrogen-bond acceptors (Lipinski definition) is 5. The molecule has 8 nitrogen and oxygen atoms in total. The van der Waals surface area contributed by atoms with Gasteiger partial charge in [0.2, 0.25) is 0 Å². The smallest absolute Gasteiger partial charge is 0.259 e. The molecular formula is C22H23N3O5. The van der Waals surface area contributed by atoms with Crippen LogP contribution in [0.1, 0.15) is 28.4 Å². The Hall–Kier alpha value is -3.23. The SMILES string of the molecule is CCc1ccc(NC(=O)C(O)C2OCCN(c3ccc4c(c3)C(=O)NC4)C2=O)cc1. The standard InChI is InChI=1S/C22H23N3O5/c1-2-13-3-6-15(7-4-13)24-21(28)18(26)19-22(29)25(9-10-30-19)16-8-5-14-12-23-20(27)17(14)11-16/h3-8,11,18-19,26H,2,9-10,12H2,1H3,(H,23,27)(H,24,28). The topological polar surface area (TPSA) is 108 Å². The lowest BCUT2D eigenvalue weighted by molar-refractivity contribution is -0.150. The van der Waals surface area contributed by atoms with Crippen LogP contribution in [-0.2, 0) is 27.3 Å². The van der Waals surface area contributed by atoms with Crippen molar-refractivity contribution < 1.29 is 24.2 Å². The van der Waals surface area contributed by atoms with Crippen LogP contribution < -0.4 is 15.5 Å². The number of amides is 3. The van der Waals surface area contributed by atoms with Gasteiger partial charge in [-0.2, -0.15) is 0 Å². The van der Waals surface area contributed by atoms with Crippen molar-refractivity contribution in [2.24, 2.45) is 0 Å². The van der Waals surface area contributed by atoms with Gasteiger partial charge in [0.1, 0.15) is 0 Å². The number of carbonyl (C=O) groups is 3. The Balaban J connectivity index is 1.47. The second kappa shape index (κ2) is 8.25. The monoisotopic (exact) mass is 409 g/mol. The Morgan fingerprint density at radius 1 is 1.27 bits per heavy atom. The zero-order chi connectivity index (χ0) is 21.3. The minimum atomic E-state index is -1.66. The normalized spacial score (nSPS) is 19.3. The van der Waals surface area contributed by atoms with Crippen molar-refractivity contribution in [2.75, 3.05) is 23.4 Å². The number of anilines is 2. The molecule has 0 saturated carbocycles. The van der Waals surface area contributed by atoms with Gasteiger partial charge in [0.25, 0.3) is 17.7 Å². The van der Waals surface area contributed by atoms with E-state index in [4.69, 9.17) is 4.74 Å². The zero-order valence-electron chi connectivity index (χ0n) is 16.6. The van der Waals surface area contributed by atoms with Crippen molar-refractivity contribution in [1.29, 1.82) is 0 Å². The van der Waals surface area contributed by atoms with Gasteiger partial charge in [-0.1, -0.05) is 25.1 Å². The Kier molecular flexibility index (Phi) is 5.52. The minimum Gasteiger partial charge on any atom is -0.380 e. The summed E-state index contributed by atoms with van der Waals surface area (Å²) in [5, 5.41) is 15.8. The summed E-state index contributed by atoms with van der Waals surface area (Å²) in [5.41, 5.74) is 3.58. The molecule has 30 heavy (non-hydrogen) atoms. The fourth-order valence-corrected chi connectivity index (χ4v) is 3.63. The first-order chi connectivity index (χ1) is 14.5. The van der Waals surface area contributed by atoms with Crippen LogP contribution in [-0.4, -0.2) is 48.2 Å². The van der Waals surface area contributed by atoms with E-state index in [1.54, 1.807) is 30.3 Å². The van der Waals surface area contributed by atoms with E-state index >= 15 is 0 Å². The van der Waals surface area contributed by atoms with Crippen LogP contribution in [0.4, 0.5) is 11.4 Å². The van der Waals surface area contributed by atoms with E-state index in [0.29, 0.717) is 23.5 Å². The van der Waals surface area contributed by atoms with Gasteiger partial charge in [-0.05, 0) is 41.8 Å². The molecule has 2 heterocycles. The van der Waals surface area contributed by atoms with Crippen LogP contribution in [0.3, 0.4) is 0 Å². The third-order valence-corrected chi connectivity index (χ3v) is 5.40. The van der Waals surface area contributed by atoms with E-state index in [1.165, 1.54) is 4.90 Å². The fraction of sp³-hybridized carbons (Fsp3) is 0.318. The molecule has 1 saturated heterocycles. The van der Waals surface area contributed by atoms with Crippen molar-refractivity contribution in [1.82, 2.24) is 5.32 Å². The van der Waals surface area contributed by atoms with Crippen molar-refractivity contribution in [3.8, 4) is 0 Å². The molecule has 156 valence electrons. The molecule has 2 aromatic carbocycles. The van der Waals surface area contributed by atoms with Crippen molar-refractivity contribution in [3.05, 3.63) is 59.2 Å². The molecular weight excluding hydrogens is 386 g/mol. The van der Waals surface area contributed by atoms with E-state index in [2.05, 4.69) is 10.6 Å².